The van der Waals surface area contributed by atoms with Gasteiger partial charge in [-0.3, -0.25) is 14.1 Å². The molecule has 0 radical (unpaired) electrons. The summed E-state index contributed by atoms with van der Waals surface area (Å²) in [5.74, 6) is -1.23. The largest absolute Gasteiger partial charge is 0.477 e. The Labute approximate surface area is 124 Å². The molecule has 0 amide bonds. The van der Waals surface area contributed by atoms with Crippen LogP contribution >= 0.6 is 0 Å². The zero-order valence-corrected chi connectivity index (χ0v) is 13.2. The highest BCUT2D eigenvalue weighted by Gasteiger charge is 2.38. The normalized spacial score (nSPS) is 19.3. The highest BCUT2D eigenvalue weighted by atomic mass is 32.2. The van der Waals surface area contributed by atoms with Gasteiger partial charge in [0, 0.05) is 0 Å². The molecule has 21 heavy (non-hydrogen) atoms. The molecule has 1 fully saturated rings. The minimum Gasteiger partial charge on any atom is -0.477 e. The Morgan fingerprint density at radius 2 is 1.86 bits per heavy atom. The first-order valence-electron chi connectivity index (χ1n) is 6.23. The van der Waals surface area contributed by atoms with Crippen molar-refractivity contribution < 1.29 is 27.3 Å². The van der Waals surface area contributed by atoms with E-state index in [0.29, 0.717) is 0 Å². The summed E-state index contributed by atoms with van der Waals surface area (Å²) in [5, 5.41) is 0. The molecule has 0 aromatic heterocycles. The van der Waals surface area contributed by atoms with Gasteiger partial charge in [-0.05, 0) is 39.8 Å². The average molecular weight is 317 g/mol. The molecule has 0 aromatic rings. The number of ether oxygens (including phenoxy) is 1. The van der Waals surface area contributed by atoms with Crippen molar-refractivity contribution in [1.29, 1.82) is 0 Å². The summed E-state index contributed by atoms with van der Waals surface area (Å²) < 4.78 is 36.6. The second-order valence-corrected chi connectivity index (χ2v) is 6.86. The van der Waals surface area contributed by atoms with Crippen LogP contribution in [0.25, 0.3) is 0 Å². The van der Waals surface area contributed by atoms with E-state index in [4.69, 9.17) is 9.29 Å². The number of ketones is 2. The molecule has 0 saturated carbocycles. The summed E-state index contributed by atoms with van der Waals surface area (Å²) in [6, 6.07) is 0. The number of hydrogen-bond donors (Lipinski definition) is 1. The predicted molar refractivity (Wildman–Crippen MR) is 75.8 cm³/mol. The second kappa shape index (κ2) is 5.98. The van der Waals surface area contributed by atoms with Gasteiger partial charge in [0.05, 0.1) is 11.1 Å². The topological polar surface area (TPSA) is 101 Å². The van der Waals surface area contributed by atoms with E-state index >= 15 is 0 Å². The Kier molecular flexibility index (Phi) is 4.95. The number of Topliss-reactive ketones (excluding diaryl/α,β-unsaturated/α-hetero) is 2. The molecule has 0 spiro atoms. The fraction of sp³-hybridized carbons (Fsp3) is 0.538. The van der Waals surface area contributed by atoms with Gasteiger partial charge in [-0.1, -0.05) is 0 Å². The molecule has 0 bridgehead atoms. The predicted octanol–water partition coefficient (Wildman–Crippen LogP) is 0.888. The Balaban J connectivity index is 3.16. The maximum absolute atomic E-state index is 11.3. The Bertz CT molecular complexity index is 599. The molecule has 0 atom stereocenters. The molecule has 1 heterocycles. The molecule has 0 unspecified atom stereocenters. The molecule has 118 valence electrons. The summed E-state index contributed by atoms with van der Waals surface area (Å²) in [5.41, 5.74) is -0.648. The van der Waals surface area contributed by atoms with Gasteiger partial charge < -0.3 is 9.64 Å². The number of allylic oxidation sites excluding steroid dienone is 3. The fourth-order valence-electron chi connectivity index (χ4n) is 1.88. The zero-order chi connectivity index (χ0) is 16.4. The van der Waals surface area contributed by atoms with E-state index in [0.717, 1.165) is 0 Å². The lowest BCUT2D eigenvalue weighted by atomic mass is 10.1. The standard InChI is InChI=1S/C13H19NO6S/c1-9(15)11(10(2)16)5-6-12-14(8-21(17,18)19)13(3,4)7-20-12/h5-6H,7-8H2,1-4H3,(H,17,18,19). The number of nitrogens with zero attached hydrogens (tertiary/aromatic N) is 1. The van der Waals surface area contributed by atoms with Gasteiger partial charge in [0.15, 0.2) is 17.4 Å². The quantitative estimate of drug-likeness (QED) is 0.348. The van der Waals surface area contributed by atoms with E-state index in [1.54, 1.807) is 13.8 Å². The van der Waals surface area contributed by atoms with Gasteiger partial charge in [0.2, 0.25) is 0 Å². The third-order valence-electron chi connectivity index (χ3n) is 3.01. The molecule has 1 aliphatic rings. The van der Waals surface area contributed by atoms with Crippen molar-refractivity contribution in [3.8, 4) is 0 Å². The van der Waals surface area contributed by atoms with Crippen molar-refractivity contribution in [2.75, 3.05) is 12.5 Å². The van der Waals surface area contributed by atoms with Crippen LogP contribution in [-0.2, 0) is 24.4 Å². The fourth-order valence-corrected chi connectivity index (χ4v) is 2.68. The first-order valence-corrected chi connectivity index (χ1v) is 7.84. The van der Waals surface area contributed by atoms with Crippen LogP contribution in [-0.4, -0.2) is 47.5 Å². The lowest BCUT2D eigenvalue weighted by molar-refractivity contribution is -0.119. The lowest BCUT2D eigenvalue weighted by Crippen LogP contribution is -2.42. The Hall–Kier alpha value is -1.67. The first-order chi connectivity index (χ1) is 9.44. The molecular weight excluding hydrogens is 298 g/mol. The molecule has 0 aliphatic carbocycles. The summed E-state index contributed by atoms with van der Waals surface area (Å²) in [7, 11) is -4.23. The van der Waals surface area contributed by atoms with Crippen molar-refractivity contribution in [3.05, 3.63) is 23.6 Å². The van der Waals surface area contributed by atoms with Crippen molar-refractivity contribution in [2.24, 2.45) is 0 Å². The molecule has 1 aliphatic heterocycles. The van der Waals surface area contributed by atoms with E-state index in [2.05, 4.69) is 0 Å². The lowest BCUT2D eigenvalue weighted by Gasteiger charge is -2.28. The van der Waals surface area contributed by atoms with Gasteiger partial charge >= 0.3 is 0 Å². The van der Waals surface area contributed by atoms with Gasteiger partial charge in [-0.2, -0.15) is 8.42 Å². The molecule has 1 rings (SSSR count). The van der Waals surface area contributed by atoms with Crippen molar-refractivity contribution in [1.82, 2.24) is 4.90 Å². The summed E-state index contributed by atoms with van der Waals surface area (Å²) in [6.07, 6.45) is 2.65. The summed E-state index contributed by atoms with van der Waals surface area (Å²) >= 11 is 0. The van der Waals surface area contributed by atoms with Gasteiger partial charge in [0.25, 0.3) is 10.1 Å². The average Bonchev–Trinajstić information content (AvgIpc) is 2.53. The summed E-state index contributed by atoms with van der Waals surface area (Å²) in [6.45, 7) is 6.25. The molecule has 8 heteroatoms. The Morgan fingerprint density at radius 3 is 2.29 bits per heavy atom. The van der Waals surface area contributed by atoms with Crippen molar-refractivity contribution in [3.63, 3.8) is 0 Å². The SMILES string of the molecule is CC(=O)C(=CC=C1OCC(C)(C)N1CS(=O)(=O)O)C(C)=O. The highest BCUT2D eigenvalue weighted by Crippen LogP contribution is 2.30. The maximum Gasteiger partial charge on any atom is 0.283 e. The minimum atomic E-state index is -4.23. The van der Waals surface area contributed by atoms with Crippen LogP contribution in [0.15, 0.2) is 23.6 Å². The van der Waals surface area contributed by atoms with E-state index in [1.807, 2.05) is 0 Å². The minimum absolute atomic E-state index is 0.0115. The van der Waals surface area contributed by atoms with Crippen LogP contribution in [0, 0.1) is 0 Å². The van der Waals surface area contributed by atoms with Crippen molar-refractivity contribution >= 4 is 21.7 Å². The van der Waals surface area contributed by atoms with Gasteiger partial charge in [0.1, 0.15) is 12.5 Å². The van der Waals surface area contributed by atoms with Crippen molar-refractivity contribution in [2.45, 2.75) is 33.2 Å². The molecular formula is C13H19NO6S. The van der Waals surface area contributed by atoms with Crippen LogP contribution in [0.3, 0.4) is 0 Å². The van der Waals surface area contributed by atoms with E-state index < -0.39 is 33.1 Å². The number of rotatable bonds is 5. The maximum atomic E-state index is 11.3. The smallest absolute Gasteiger partial charge is 0.283 e. The third-order valence-corrected chi connectivity index (χ3v) is 3.60. The number of hydrogen-bond acceptors (Lipinski definition) is 6. The monoisotopic (exact) mass is 317 g/mol. The summed E-state index contributed by atoms with van der Waals surface area (Å²) in [4.78, 5) is 24.0. The second-order valence-electron chi connectivity index (χ2n) is 5.44. The Morgan fingerprint density at radius 1 is 1.33 bits per heavy atom. The van der Waals surface area contributed by atoms with Gasteiger partial charge in [-0.25, -0.2) is 0 Å². The number of carbonyl (C=O) groups is 2. The van der Waals surface area contributed by atoms with E-state index in [1.165, 1.54) is 30.9 Å². The van der Waals surface area contributed by atoms with Crippen LogP contribution in [0.4, 0.5) is 0 Å². The zero-order valence-electron chi connectivity index (χ0n) is 12.4. The first kappa shape index (κ1) is 17.4. The van der Waals surface area contributed by atoms with Gasteiger partial charge in [-0.15, -0.1) is 0 Å². The van der Waals surface area contributed by atoms with Crippen LogP contribution in [0.2, 0.25) is 0 Å². The molecule has 0 aromatic carbocycles. The highest BCUT2D eigenvalue weighted by molar-refractivity contribution is 7.85. The van der Waals surface area contributed by atoms with E-state index in [9.17, 15) is 18.0 Å². The number of carbonyl (C=O) groups excluding carboxylic acids is 2. The molecule has 7 nitrogen and oxygen atoms in total. The van der Waals surface area contributed by atoms with E-state index in [-0.39, 0.29) is 18.1 Å². The molecule has 1 N–H and O–H groups in total. The third kappa shape index (κ3) is 4.68. The van der Waals surface area contributed by atoms with Crippen LogP contribution < -0.4 is 0 Å². The van der Waals surface area contributed by atoms with Crippen LogP contribution in [0.5, 0.6) is 0 Å². The molecule has 1 saturated heterocycles. The van der Waals surface area contributed by atoms with Crippen LogP contribution in [0.1, 0.15) is 27.7 Å².